The maximum Gasteiger partial charge on any atom is 0.319 e. The highest BCUT2D eigenvalue weighted by Crippen LogP contribution is 2.30. The lowest BCUT2D eigenvalue weighted by molar-refractivity contribution is 0.243. The summed E-state index contributed by atoms with van der Waals surface area (Å²) in [7, 11) is 1.61. The summed E-state index contributed by atoms with van der Waals surface area (Å²) in [6.45, 7) is 1.81. The number of pyridine rings is 2. The van der Waals surface area contributed by atoms with Gasteiger partial charge >= 0.3 is 6.03 Å². The number of hydrogen-bond acceptors (Lipinski definition) is 7. The molecule has 1 aliphatic heterocycles. The molecule has 35 heavy (non-hydrogen) atoms. The highest BCUT2D eigenvalue weighted by atomic mass is 35.5. The Morgan fingerprint density at radius 2 is 2.03 bits per heavy atom. The second kappa shape index (κ2) is 11.7. The Morgan fingerprint density at radius 3 is 2.74 bits per heavy atom. The zero-order valence-electron chi connectivity index (χ0n) is 19.4. The summed E-state index contributed by atoms with van der Waals surface area (Å²) in [6, 6.07) is 16.2. The molecule has 0 saturated carbocycles. The lowest BCUT2D eigenvalue weighted by Gasteiger charge is -2.39. The van der Waals surface area contributed by atoms with Gasteiger partial charge in [-0.3, -0.25) is 4.98 Å². The van der Waals surface area contributed by atoms with Crippen LogP contribution in [0.5, 0.6) is 5.75 Å². The first-order valence-electron chi connectivity index (χ1n) is 11.5. The smallest absolute Gasteiger partial charge is 0.319 e. The van der Waals surface area contributed by atoms with E-state index in [1.807, 2.05) is 30.3 Å². The van der Waals surface area contributed by atoms with Crippen molar-refractivity contribution >= 4 is 35.0 Å². The van der Waals surface area contributed by atoms with E-state index in [0.29, 0.717) is 41.8 Å². The summed E-state index contributed by atoms with van der Waals surface area (Å²) in [5.41, 5.74) is 1.53. The number of piperidine rings is 1. The topological polar surface area (TPSA) is 112 Å². The van der Waals surface area contributed by atoms with Gasteiger partial charge in [0.15, 0.2) is 0 Å². The van der Waals surface area contributed by atoms with Crippen LogP contribution < -0.4 is 25.6 Å². The lowest BCUT2D eigenvalue weighted by Crippen LogP contribution is -2.51. The number of urea groups is 1. The lowest BCUT2D eigenvalue weighted by atomic mass is 9.88. The zero-order valence-corrected chi connectivity index (χ0v) is 20.2. The van der Waals surface area contributed by atoms with Crippen LogP contribution in [0.2, 0.25) is 5.02 Å². The van der Waals surface area contributed by atoms with Gasteiger partial charge in [0.25, 0.3) is 0 Å². The maximum absolute atomic E-state index is 12.8. The van der Waals surface area contributed by atoms with Crippen molar-refractivity contribution in [2.75, 3.05) is 48.9 Å². The predicted molar refractivity (Wildman–Crippen MR) is 138 cm³/mol. The molecular formula is C25H29ClN6O3. The van der Waals surface area contributed by atoms with Crippen molar-refractivity contribution < 1.29 is 14.6 Å². The normalized spacial score (nSPS) is 17.5. The third kappa shape index (κ3) is 6.52. The van der Waals surface area contributed by atoms with E-state index in [4.69, 9.17) is 26.4 Å². The molecule has 1 aromatic carbocycles. The van der Waals surface area contributed by atoms with Gasteiger partial charge in [0.1, 0.15) is 17.4 Å². The number of ether oxygens (including phenoxy) is 1. The highest BCUT2D eigenvalue weighted by molar-refractivity contribution is 6.30. The molecule has 184 valence electrons. The van der Waals surface area contributed by atoms with Gasteiger partial charge in [0, 0.05) is 48.0 Å². The molecule has 10 heteroatoms. The first-order chi connectivity index (χ1) is 17.1. The maximum atomic E-state index is 12.8. The minimum atomic E-state index is -0.280. The van der Waals surface area contributed by atoms with Crippen LogP contribution in [0.15, 0.2) is 60.8 Å². The number of aliphatic hydroxyl groups excluding tert-OH is 1. The summed E-state index contributed by atoms with van der Waals surface area (Å²) < 4.78 is 5.26. The third-order valence-electron chi connectivity index (χ3n) is 5.88. The van der Waals surface area contributed by atoms with E-state index < -0.39 is 0 Å². The van der Waals surface area contributed by atoms with E-state index in [-0.39, 0.29) is 24.6 Å². The number of benzene rings is 1. The molecule has 0 radical (unpaired) electrons. The van der Waals surface area contributed by atoms with Crippen molar-refractivity contribution in [1.82, 2.24) is 15.3 Å². The number of methoxy groups -OCH3 is 1. The molecule has 1 aliphatic rings. The van der Waals surface area contributed by atoms with Crippen LogP contribution in [-0.2, 0) is 0 Å². The zero-order chi connectivity index (χ0) is 24.6. The minimum absolute atomic E-state index is 0.0340. The summed E-state index contributed by atoms with van der Waals surface area (Å²) in [5, 5.41) is 18.8. The number of anilines is 3. The number of amides is 2. The Morgan fingerprint density at radius 1 is 1.20 bits per heavy atom. The molecule has 4 N–H and O–H groups in total. The average Bonchev–Trinajstić information content (AvgIpc) is 2.89. The monoisotopic (exact) mass is 496 g/mol. The van der Waals surface area contributed by atoms with E-state index in [0.717, 1.165) is 18.1 Å². The number of rotatable bonds is 8. The molecule has 1 fully saturated rings. The van der Waals surface area contributed by atoms with E-state index >= 15 is 0 Å². The van der Waals surface area contributed by atoms with Crippen molar-refractivity contribution in [2.24, 2.45) is 0 Å². The Balaban J connectivity index is 1.51. The Bertz CT molecular complexity index is 1110. The van der Waals surface area contributed by atoms with Crippen LogP contribution >= 0.6 is 11.6 Å². The summed E-state index contributed by atoms with van der Waals surface area (Å²) >= 11 is 5.94. The van der Waals surface area contributed by atoms with Crippen molar-refractivity contribution in [3.05, 3.63) is 71.5 Å². The van der Waals surface area contributed by atoms with Gasteiger partial charge in [-0.1, -0.05) is 17.7 Å². The molecule has 0 bridgehead atoms. The van der Waals surface area contributed by atoms with E-state index in [9.17, 15) is 4.79 Å². The molecule has 4 rings (SSSR count). The molecule has 3 heterocycles. The Labute approximate surface area is 209 Å². The molecular weight excluding hydrogens is 468 g/mol. The third-order valence-corrected chi connectivity index (χ3v) is 6.13. The summed E-state index contributed by atoms with van der Waals surface area (Å²) in [5.74, 6) is 2.14. The second-order valence-corrected chi connectivity index (χ2v) is 8.64. The first-order valence-corrected chi connectivity index (χ1v) is 11.8. The molecule has 9 nitrogen and oxygen atoms in total. The molecule has 0 aliphatic carbocycles. The predicted octanol–water partition coefficient (Wildman–Crippen LogP) is 3.73. The fraction of sp³-hybridized carbons (Fsp3) is 0.320. The number of carbonyl (C=O) groups excluding carboxylic acids is 1. The fourth-order valence-electron chi connectivity index (χ4n) is 4.11. The van der Waals surface area contributed by atoms with Crippen LogP contribution in [0, 0.1) is 0 Å². The van der Waals surface area contributed by atoms with Gasteiger partial charge in [-0.25, -0.2) is 9.78 Å². The van der Waals surface area contributed by atoms with Crippen molar-refractivity contribution in [3.63, 3.8) is 0 Å². The first kappa shape index (κ1) is 24.6. The fourth-order valence-corrected chi connectivity index (χ4v) is 4.24. The number of nitrogens with one attached hydrogen (secondary N) is 3. The Kier molecular flexibility index (Phi) is 8.23. The van der Waals surface area contributed by atoms with Gasteiger partial charge in [-0.2, -0.15) is 0 Å². The number of hydrogen-bond donors (Lipinski definition) is 4. The van der Waals surface area contributed by atoms with Gasteiger partial charge in [0.05, 0.1) is 19.9 Å². The van der Waals surface area contributed by atoms with Crippen molar-refractivity contribution in [2.45, 2.75) is 18.4 Å². The van der Waals surface area contributed by atoms with Crippen LogP contribution in [0.1, 0.15) is 18.0 Å². The van der Waals surface area contributed by atoms with Crippen molar-refractivity contribution in [3.8, 4) is 5.75 Å². The second-order valence-electron chi connectivity index (χ2n) is 8.21. The summed E-state index contributed by atoms with van der Waals surface area (Å²) in [6.07, 6.45) is 2.40. The number of nitrogens with zero attached hydrogens (tertiary/aromatic N) is 3. The summed E-state index contributed by atoms with van der Waals surface area (Å²) in [4.78, 5) is 24.3. The van der Waals surface area contributed by atoms with E-state index in [1.54, 1.807) is 37.6 Å². The average molecular weight is 497 g/mol. The van der Waals surface area contributed by atoms with Crippen LogP contribution in [0.4, 0.5) is 22.1 Å². The Hall–Kier alpha value is -3.56. The molecule has 2 amide bonds. The molecule has 2 aromatic heterocycles. The van der Waals surface area contributed by atoms with E-state index in [1.165, 1.54) is 0 Å². The quantitative estimate of drug-likeness (QED) is 0.376. The number of carbonyl (C=O) groups is 1. The molecule has 2 atom stereocenters. The number of halogens is 1. The SMILES string of the molecule is COc1ccc(C2CN(c3cccc(NCCO)n3)CCC2NC(=O)Nc2ccc(Cl)cc2)nc1. The van der Waals surface area contributed by atoms with E-state index in [2.05, 4.69) is 25.8 Å². The van der Waals surface area contributed by atoms with Crippen LogP contribution in [0.3, 0.4) is 0 Å². The van der Waals surface area contributed by atoms with Crippen molar-refractivity contribution in [1.29, 1.82) is 0 Å². The molecule has 0 spiro atoms. The van der Waals surface area contributed by atoms with Crippen LogP contribution in [0.25, 0.3) is 0 Å². The molecule has 3 aromatic rings. The minimum Gasteiger partial charge on any atom is -0.495 e. The molecule has 1 saturated heterocycles. The number of aromatic nitrogens is 2. The van der Waals surface area contributed by atoms with Gasteiger partial charge in [-0.05, 0) is 55.0 Å². The standard InChI is InChI=1S/C25H29ClN6O3/c1-35-19-9-10-21(28-15-19)20-16-32(24-4-2-3-23(31-24)27-12-14-33)13-11-22(20)30-25(34)29-18-7-5-17(26)6-8-18/h2-10,15,20,22,33H,11-14,16H2,1H3,(H,27,31)(H2,29,30,34). The van der Waals surface area contributed by atoms with Gasteiger partial charge in [-0.15, -0.1) is 0 Å². The number of aliphatic hydroxyl groups is 1. The largest absolute Gasteiger partial charge is 0.495 e. The molecule has 2 unspecified atom stereocenters. The van der Waals surface area contributed by atoms with Crippen LogP contribution in [-0.4, -0.2) is 60.5 Å². The van der Waals surface area contributed by atoms with Gasteiger partial charge < -0.3 is 30.7 Å². The van der Waals surface area contributed by atoms with Gasteiger partial charge in [0.2, 0.25) is 0 Å². The highest BCUT2D eigenvalue weighted by Gasteiger charge is 2.33.